The maximum absolute atomic E-state index is 13.0. The van der Waals surface area contributed by atoms with Gasteiger partial charge in [0.2, 0.25) is 10.0 Å². The molecule has 0 aliphatic carbocycles. The van der Waals surface area contributed by atoms with E-state index in [0.717, 1.165) is 13.0 Å². The van der Waals surface area contributed by atoms with Gasteiger partial charge in [0.25, 0.3) is 0 Å². The number of nitrogens with one attached hydrogen (secondary N) is 2. The number of rotatable bonds is 8. The Bertz CT molecular complexity index is 537. The summed E-state index contributed by atoms with van der Waals surface area (Å²) in [5.74, 6) is -0.518. The molecule has 0 radical (unpaired) electrons. The Morgan fingerprint density at radius 3 is 2.70 bits per heavy atom. The van der Waals surface area contributed by atoms with Crippen molar-refractivity contribution in [3.63, 3.8) is 0 Å². The Morgan fingerprint density at radius 1 is 1.40 bits per heavy atom. The van der Waals surface area contributed by atoms with Gasteiger partial charge in [-0.05, 0) is 37.6 Å². The zero-order valence-electron chi connectivity index (χ0n) is 11.6. The van der Waals surface area contributed by atoms with E-state index in [1.54, 1.807) is 6.92 Å². The maximum Gasteiger partial charge on any atom is 0.215 e. The fourth-order valence-electron chi connectivity index (χ4n) is 1.57. The minimum absolute atomic E-state index is 0.0145. The van der Waals surface area contributed by atoms with Crippen LogP contribution in [0.5, 0.6) is 0 Å². The van der Waals surface area contributed by atoms with E-state index in [0.29, 0.717) is 12.1 Å². The predicted molar refractivity (Wildman–Crippen MR) is 79.8 cm³/mol. The lowest BCUT2D eigenvalue weighted by Gasteiger charge is -2.14. The van der Waals surface area contributed by atoms with E-state index >= 15 is 0 Å². The van der Waals surface area contributed by atoms with Gasteiger partial charge in [-0.3, -0.25) is 0 Å². The van der Waals surface area contributed by atoms with Crippen molar-refractivity contribution in [1.29, 1.82) is 0 Å². The topological polar surface area (TPSA) is 58.2 Å². The lowest BCUT2D eigenvalue weighted by Crippen LogP contribution is -2.38. The van der Waals surface area contributed by atoms with Gasteiger partial charge in [0.1, 0.15) is 5.82 Å². The molecule has 0 saturated heterocycles. The van der Waals surface area contributed by atoms with Gasteiger partial charge in [-0.1, -0.05) is 24.6 Å². The van der Waals surface area contributed by atoms with Crippen LogP contribution in [0.1, 0.15) is 25.8 Å². The molecule has 1 unspecified atom stereocenters. The van der Waals surface area contributed by atoms with Crippen molar-refractivity contribution in [3.8, 4) is 0 Å². The molecular formula is C13H20ClFN2O2S. The van der Waals surface area contributed by atoms with Crippen LogP contribution in [0.25, 0.3) is 0 Å². The summed E-state index contributed by atoms with van der Waals surface area (Å²) in [5, 5.41) is 2.51. The standard InChI is InChI=1S/C13H20ClFN2O2S/c1-3-6-16-8-10(2)20(18,19)17-9-11-4-5-13(15)12(14)7-11/h4-5,7,10,16-17H,3,6,8-9H2,1-2H3. The number of sulfonamides is 1. The van der Waals surface area contributed by atoms with Crippen molar-refractivity contribution in [1.82, 2.24) is 10.0 Å². The second kappa shape index (κ2) is 7.93. The van der Waals surface area contributed by atoms with Crippen LogP contribution in [-0.4, -0.2) is 26.8 Å². The summed E-state index contributed by atoms with van der Waals surface area (Å²) in [4.78, 5) is 0. The number of hydrogen-bond donors (Lipinski definition) is 2. The average molecular weight is 323 g/mol. The molecule has 0 heterocycles. The van der Waals surface area contributed by atoms with Gasteiger partial charge in [-0.15, -0.1) is 0 Å². The van der Waals surface area contributed by atoms with Crippen LogP contribution in [0.3, 0.4) is 0 Å². The molecule has 0 spiro atoms. The monoisotopic (exact) mass is 322 g/mol. The Kier molecular flexibility index (Phi) is 6.88. The molecule has 0 amide bonds. The SMILES string of the molecule is CCCNCC(C)S(=O)(=O)NCc1ccc(F)c(Cl)c1. The van der Waals surface area contributed by atoms with Crippen LogP contribution in [0.15, 0.2) is 18.2 Å². The first-order chi connectivity index (χ1) is 9.36. The third kappa shape index (κ3) is 5.36. The average Bonchev–Trinajstić information content (AvgIpc) is 2.40. The Hall–Kier alpha value is -0.690. The fourth-order valence-corrected chi connectivity index (χ4v) is 2.76. The number of halogens is 2. The maximum atomic E-state index is 13.0. The minimum atomic E-state index is -3.41. The quantitative estimate of drug-likeness (QED) is 0.722. The molecule has 7 heteroatoms. The minimum Gasteiger partial charge on any atom is -0.315 e. The fraction of sp³-hybridized carbons (Fsp3) is 0.538. The lowest BCUT2D eigenvalue weighted by atomic mass is 10.2. The van der Waals surface area contributed by atoms with Gasteiger partial charge < -0.3 is 5.32 Å². The summed E-state index contributed by atoms with van der Waals surface area (Å²) in [6, 6.07) is 4.14. The van der Waals surface area contributed by atoms with E-state index in [9.17, 15) is 12.8 Å². The molecule has 0 aromatic heterocycles. The number of benzene rings is 1. The highest BCUT2D eigenvalue weighted by molar-refractivity contribution is 7.90. The highest BCUT2D eigenvalue weighted by atomic mass is 35.5. The van der Waals surface area contributed by atoms with Crippen LogP contribution in [-0.2, 0) is 16.6 Å². The third-order valence-corrected chi connectivity index (χ3v) is 4.91. The van der Waals surface area contributed by atoms with E-state index in [-0.39, 0.29) is 11.6 Å². The molecule has 20 heavy (non-hydrogen) atoms. The first-order valence-corrected chi connectivity index (χ1v) is 8.42. The third-order valence-electron chi connectivity index (χ3n) is 2.85. The largest absolute Gasteiger partial charge is 0.315 e. The van der Waals surface area contributed by atoms with E-state index < -0.39 is 21.1 Å². The summed E-state index contributed by atoms with van der Waals surface area (Å²) in [5.41, 5.74) is 0.619. The molecular weight excluding hydrogens is 303 g/mol. The molecule has 0 aliphatic rings. The van der Waals surface area contributed by atoms with Crippen LogP contribution in [0.4, 0.5) is 4.39 Å². The molecule has 0 bridgehead atoms. The molecule has 0 aliphatic heterocycles. The summed E-state index contributed by atoms with van der Waals surface area (Å²) in [6.45, 7) is 4.94. The van der Waals surface area contributed by atoms with Crippen LogP contribution < -0.4 is 10.0 Å². The van der Waals surface area contributed by atoms with Gasteiger partial charge in [0, 0.05) is 13.1 Å². The van der Waals surface area contributed by atoms with Crippen molar-refractivity contribution >= 4 is 21.6 Å². The number of hydrogen-bond acceptors (Lipinski definition) is 3. The second-order valence-electron chi connectivity index (χ2n) is 4.63. The highest BCUT2D eigenvalue weighted by Gasteiger charge is 2.19. The Labute approximate surface area is 124 Å². The highest BCUT2D eigenvalue weighted by Crippen LogP contribution is 2.16. The Morgan fingerprint density at radius 2 is 2.10 bits per heavy atom. The molecule has 1 atom stereocenters. The van der Waals surface area contributed by atoms with Gasteiger partial charge >= 0.3 is 0 Å². The van der Waals surface area contributed by atoms with Crippen molar-refractivity contribution in [2.45, 2.75) is 32.1 Å². The summed E-state index contributed by atoms with van der Waals surface area (Å²) < 4.78 is 39.5. The summed E-state index contributed by atoms with van der Waals surface area (Å²) in [7, 11) is -3.41. The second-order valence-corrected chi connectivity index (χ2v) is 7.22. The molecule has 1 aromatic rings. The van der Waals surface area contributed by atoms with Crippen molar-refractivity contribution in [3.05, 3.63) is 34.6 Å². The van der Waals surface area contributed by atoms with Gasteiger partial charge in [0.15, 0.2) is 0 Å². The van der Waals surface area contributed by atoms with Crippen LogP contribution in [0.2, 0.25) is 5.02 Å². The van der Waals surface area contributed by atoms with E-state index in [1.165, 1.54) is 18.2 Å². The van der Waals surface area contributed by atoms with Crippen LogP contribution in [0, 0.1) is 5.82 Å². The van der Waals surface area contributed by atoms with Crippen molar-refractivity contribution in [2.75, 3.05) is 13.1 Å². The van der Waals surface area contributed by atoms with Crippen LogP contribution >= 0.6 is 11.6 Å². The molecule has 1 rings (SSSR count). The zero-order chi connectivity index (χ0) is 15.2. The van der Waals surface area contributed by atoms with Gasteiger partial charge in [0.05, 0.1) is 10.3 Å². The van der Waals surface area contributed by atoms with Gasteiger partial charge in [-0.25, -0.2) is 17.5 Å². The first kappa shape index (κ1) is 17.4. The zero-order valence-corrected chi connectivity index (χ0v) is 13.2. The smallest absolute Gasteiger partial charge is 0.215 e. The predicted octanol–water partition coefficient (Wildman–Crippen LogP) is 2.29. The van der Waals surface area contributed by atoms with Crippen molar-refractivity contribution in [2.24, 2.45) is 0 Å². The van der Waals surface area contributed by atoms with E-state index in [1.807, 2.05) is 6.92 Å². The van der Waals surface area contributed by atoms with Crippen molar-refractivity contribution < 1.29 is 12.8 Å². The van der Waals surface area contributed by atoms with E-state index in [2.05, 4.69) is 10.0 Å². The first-order valence-electron chi connectivity index (χ1n) is 6.50. The molecule has 4 nitrogen and oxygen atoms in total. The molecule has 0 fully saturated rings. The Balaban J connectivity index is 2.55. The molecule has 114 valence electrons. The molecule has 2 N–H and O–H groups in total. The normalized spacial score (nSPS) is 13.4. The van der Waals surface area contributed by atoms with Gasteiger partial charge in [-0.2, -0.15) is 0 Å². The molecule has 1 aromatic carbocycles. The summed E-state index contributed by atoms with van der Waals surface area (Å²) in [6.07, 6.45) is 0.953. The molecule has 0 saturated carbocycles. The lowest BCUT2D eigenvalue weighted by molar-refractivity contribution is 0.556. The summed E-state index contributed by atoms with van der Waals surface area (Å²) >= 11 is 5.65. The van der Waals surface area contributed by atoms with E-state index in [4.69, 9.17) is 11.6 Å².